The number of ether oxygens (including phenoxy) is 2. The molecule has 1 N–H and O–H groups in total. The molecule has 1 aliphatic heterocycles. The van der Waals surface area contributed by atoms with Crippen molar-refractivity contribution in [3.63, 3.8) is 0 Å². The molecule has 1 saturated carbocycles. The molecule has 8 heteroatoms. The van der Waals surface area contributed by atoms with Crippen LogP contribution in [0.2, 0.25) is 0 Å². The Balaban J connectivity index is 0.00000480. The van der Waals surface area contributed by atoms with Gasteiger partial charge in [-0.2, -0.15) is 0 Å². The van der Waals surface area contributed by atoms with E-state index in [0.29, 0.717) is 17.9 Å². The number of carbonyl (C=O) groups is 1. The predicted molar refractivity (Wildman–Crippen MR) is 137 cm³/mol. The largest absolute Gasteiger partial charge is 0.444 e. The molecule has 2 fully saturated rings. The third-order valence-electron chi connectivity index (χ3n) is 6.51. The Kier molecular flexibility index (Phi) is 11.9. The summed E-state index contributed by atoms with van der Waals surface area (Å²) in [5.74, 6) is 1.52. The average molecular weight is 553 g/mol. The van der Waals surface area contributed by atoms with E-state index >= 15 is 0 Å². The second kappa shape index (κ2) is 13.1. The zero-order chi connectivity index (χ0) is 22.2. The van der Waals surface area contributed by atoms with Crippen LogP contribution < -0.4 is 5.32 Å². The molecule has 0 atom stereocenters. The van der Waals surface area contributed by atoms with Gasteiger partial charge in [0, 0.05) is 53.5 Å². The van der Waals surface area contributed by atoms with Crippen molar-refractivity contribution in [2.75, 3.05) is 53.5 Å². The first-order chi connectivity index (χ1) is 14.2. The number of hydrogen-bond acceptors (Lipinski definition) is 4. The van der Waals surface area contributed by atoms with E-state index in [9.17, 15) is 4.79 Å². The maximum atomic E-state index is 12.4. The first kappa shape index (κ1) is 28.3. The highest BCUT2D eigenvalue weighted by atomic mass is 127. The maximum Gasteiger partial charge on any atom is 0.410 e. The minimum absolute atomic E-state index is 0. The summed E-state index contributed by atoms with van der Waals surface area (Å²) in [6.45, 7) is 13.0. The molecule has 0 aromatic heterocycles. The molecular formula is C23H45IN4O3. The lowest BCUT2D eigenvalue weighted by Crippen LogP contribution is -2.51. The lowest BCUT2D eigenvalue weighted by Gasteiger charge is -2.43. The molecule has 0 spiro atoms. The zero-order valence-corrected chi connectivity index (χ0v) is 22.9. The van der Waals surface area contributed by atoms with E-state index in [1.54, 1.807) is 7.11 Å². The van der Waals surface area contributed by atoms with Crippen LogP contribution in [0.1, 0.15) is 66.2 Å². The van der Waals surface area contributed by atoms with Crippen molar-refractivity contribution in [3.05, 3.63) is 0 Å². The van der Waals surface area contributed by atoms with E-state index in [4.69, 9.17) is 9.47 Å². The Morgan fingerprint density at radius 1 is 1.26 bits per heavy atom. The number of nitrogens with zero attached hydrogens (tertiary/aromatic N) is 3. The fourth-order valence-corrected chi connectivity index (χ4v) is 4.41. The fourth-order valence-electron chi connectivity index (χ4n) is 4.41. The van der Waals surface area contributed by atoms with Crippen molar-refractivity contribution in [2.45, 2.75) is 71.8 Å². The van der Waals surface area contributed by atoms with E-state index in [0.717, 1.165) is 58.0 Å². The highest BCUT2D eigenvalue weighted by Gasteiger charge is 2.37. The van der Waals surface area contributed by atoms with Crippen molar-refractivity contribution >= 4 is 36.0 Å². The van der Waals surface area contributed by atoms with Crippen LogP contribution in [0.5, 0.6) is 0 Å². The molecule has 0 aromatic rings. The molecule has 1 amide bonds. The smallest absolute Gasteiger partial charge is 0.410 e. The van der Waals surface area contributed by atoms with Gasteiger partial charge >= 0.3 is 6.09 Å². The highest BCUT2D eigenvalue weighted by molar-refractivity contribution is 14.0. The van der Waals surface area contributed by atoms with Crippen LogP contribution in [0.25, 0.3) is 0 Å². The van der Waals surface area contributed by atoms with Crippen LogP contribution in [0.4, 0.5) is 4.79 Å². The Morgan fingerprint density at radius 3 is 2.35 bits per heavy atom. The van der Waals surface area contributed by atoms with Gasteiger partial charge in [0.2, 0.25) is 0 Å². The molecule has 1 heterocycles. The number of likely N-dealkylation sites (tertiary alicyclic amines) is 1. The highest BCUT2D eigenvalue weighted by Crippen LogP contribution is 2.43. The lowest BCUT2D eigenvalue weighted by atomic mass is 9.67. The Hall–Kier alpha value is -0.770. The Labute approximate surface area is 206 Å². The number of amides is 1. The molecule has 0 aromatic carbocycles. The van der Waals surface area contributed by atoms with Gasteiger partial charge in [0.05, 0.1) is 0 Å². The third kappa shape index (κ3) is 8.94. The monoisotopic (exact) mass is 552 g/mol. The molecule has 0 bridgehead atoms. The standard InChI is InChI=1S/C23H44N4O3.HI/c1-7-26(21(28)30-22(2,3)4)17-19-9-14-27(15-10-19)20(24-5)25-18-23(11-8-12-23)13-16-29-6;/h19H,7-18H2,1-6H3,(H,24,25);1H. The number of methoxy groups -OCH3 is 1. The number of aliphatic imine (C=N–C) groups is 1. The van der Waals surface area contributed by atoms with Crippen molar-refractivity contribution in [3.8, 4) is 0 Å². The average Bonchev–Trinajstić information content (AvgIpc) is 2.67. The van der Waals surface area contributed by atoms with Gasteiger partial charge in [0.1, 0.15) is 5.60 Å². The van der Waals surface area contributed by atoms with Crippen LogP contribution in [0.15, 0.2) is 4.99 Å². The van der Waals surface area contributed by atoms with Gasteiger partial charge in [-0.3, -0.25) is 4.99 Å². The number of piperidine rings is 1. The van der Waals surface area contributed by atoms with Crippen molar-refractivity contribution in [1.29, 1.82) is 0 Å². The van der Waals surface area contributed by atoms with Crippen molar-refractivity contribution in [1.82, 2.24) is 15.1 Å². The molecule has 182 valence electrons. The lowest BCUT2D eigenvalue weighted by molar-refractivity contribution is 0.0214. The number of hydrogen-bond donors (Lipinski definition) is 1. The van der Waals surface area contributed by atoms with E-state index in [-0.39, 0.29) is 30.1 Å². The summed E-state index contributed by atoms with van der Waals surface area (Å²) in [4.78, 5) is 21.2. The normalized spacial score (nSPS) is 19.3. The quantitative estimate of drug-likeness (QED) is 0.276. The van der Waals surface area contributed by atoms with Crippen LogP contribution in [0, 0.1) is 11.3 Å². The maximum absolute atomic E-state index is 12.4. The molecule has 31 heavy (non-hydrogen) atoms. The molecule has 1 saturated heterocycles. The van der Waals surface area contributed by atoms with Crippen LogP contribution in [0.3, 0.4) is 0 Å². The van der Waals surface area contributed by atoms with Gasteiger partial charge in [-0.15, -0.1) is 24.0 Å². The second-order valence-corrected chi connectivity index (χ2v) is 9.95. The van der Waals surface area contributed by atoms with E-state index < -0.39 is 5.60 Å². The first-order valence-corrected chi connectivity index (χ1v) is 11.6. The Bertz CT molecular complexity index is 568. The van der Waals surface area contributed by atoms with Gasteiger partial charge in [0.15, 0.2) is 5.96 Å². The summed E-state index contributed by atoms with van der Waals surface area (Å²) in [6, 6.07) is 0. The molecular weight excluding hydrogens is 507 g/mol. The number of nitrogens with one attached hydrogen (secondary N) is 1. The number of halogens is 1. The van der Waals surface area contributed by atoms with E-state index in [2.05, 4.69) is 15.2 Å². The van der Waals surface area contributed by atoms with E-state index in [1.807, 2.05) is 39.6 Å². The van der Waals surface area contributed by atoms with Gasteiger partial charge in [-0.1, -0.05) is 6.42 Å². The summed E-state index contributed by atoms with van der Waals surface area (Å²) in [5, 5.41) is 3.64. The minimum atomic E-state index is -0.451. The van der Waals surface area contributed by atoms with Crippen LogP contribution in [-0.2, 0) is 9.47 Å². The van der Waals surface area contributed by atoms with Crippen LogP contribution in [-0.4, -0.2) is 80.9 Å². The van der Waals surface area contributed by atoms with Gasteiger partial charge in [0.25, 0.3) is 0 Å². The molecule has 0 radical (unpaired) electrons. The third-order valence-corrected chi connectivity index (χ3v) is 6.51. The first-order valence-electron chi connectivity index (χ1n) is 11.6. The van der Waals surface area contributed by atoms with Crippen LogP contribution >= 0.6 is 24.0 Å². The van der Waals surface area contributed by atoms with Crippen molar-refractivity contribution < 1.29 is 14.3 Å². The Morgan fingerprint density at radius 2 is 1.90 bits per heavy atom. The topological polar surface area (TPSA) is 66.4 Å². The molecule has 1 aliphatic carbocycles. The summed E-state index contributed by atoms with van der Waals surface area (Å²) < 4.78 is 10.9. The fraction of sp³-hybridized carbons (Fsp3) is 0.913. The molecule has 0 unspecified atom stereocenters. The zero-order valence-electron chi connectivity index (χ0n) is 20.5. The summed E-state index contributed by atoms with van der Waals surface area (Å²) in [6.07, 6.45) is 6.92. The van der Waals surface area contributed by atoms with Gasteiger partial charge in [-0.05, 0) is 71.1 Å². The van der Waals surface area contributed by atoms with E-state index in [1.165, 1.54) is 19.3 Å². The molecule has 2 rings (SSSR count). The van der Waals surface area contributed by atoms with Gasteiger partial charge < -0.3 is 24.6 Å². The molecule has 2 aliphatic rings. The summed E-state index contributed by atoms with van der Waals surface area (Å²) in [7, 11) is 3.66. The summed E-state index contributed by atoms with van der Waals surface area (Å²) >= 11 is 0. The minimum Gasteiger partial charge on any atom is -0.444 e. The molecule has 7 nitrogen and oxygen atoms in total. The number of guanidine groups is 1. The predicted octanol–water partition coefficient (Wildman–Crippen LogP) is 4.36. The number of rotatable bonds is 8. The summed E-state index contributed by atoms with van der Waals surface area (Å²) in [5.41, 5.74) is -0.0770. The number of carbonyl (C=O) groups excluding carboxylic acids is 1. The van der Waals surface area contributed by atoms with Gasteiger partial charge in [-0.25, -0.2) is 4.79 Å². The SMILES string of the molecule is CCN(CC1CCN(C(=NC)NCC2(CCOC)CCC2)CC1)C(=O)OC(C)(C)C.I. The van der Waals surface area contributed by atoms with Crippen molar-refractivity contribution in [2.24, 2.45) is 16.3 Å². The second-order valence-electron chi connectivity index (χ2n) is 9.95.